The Hall–Kier alpha value is -1.27. The van der Waals surface area contributed by atoms with Crippen LogP contribution in [0.2, 0.25) is 0 Å². The molecule has 0 aliphatic rings. The topological polar surface area (TPSA) is 49.3 Å². The van der Waals surface area contributed by atoms with Gasteiger partial charge in [0.15, 0.2) is 0 Å². The molecule has 0 amide bonds. The van der Waals surface area contributed by atoms with Gasteiger partial charge in [0.05, 0.1) is 24.4 Å². The highest BCUT2D eigenvalue weighted by atomic mass is 16.5. The SMILES string of the molecule is C=CC[C@@H](C[C@@H](C[C@@H](C[C@H](OC)/C(C)=C/C(C)=C/C[C@H](C)N=C)OC)OC)OC. The van der Waals surface area contributed by atoms with E-state index in [0.717, 1.165) is 32.1 Å². The molecule has 168 valence electrons. The summed E-state index contributed by atoms with van der Waals surface area (Å²) in [5.41, 5.74) is 2.38. The Labute approximate surface area is 178 Å². The number of methoxy groups -OCH3 is 4. The number of hydrogen-bond acceptors (Lipinski definition) is 5. The summed E-state index contributed by atoms with van der Waals surface area (Å²) in [7, 11) is 6.96. The van der Waals surface area contributed by atoms with Gasteiger partial charge in [-0.3, -0.25) is 4.99 Å². The van der Waals surface area contributed by atoms with Gasteiger partial charge in [-0.2, -0.15) is 0 Å². The Morgan fingerprint density at radius 3 is 1.90 bits per heavy atom. The molecule has 0 aromatic heterocycles. The van der Waals surface area contributed by atoms with Crippen molar-refractivity contribution in [3.63, 3.8) is 0 Å². The van der Waals surface area contributed by atoms with E-state index in [1.165, 1.54) is 11.1 Å². The van der Waals surface area contributed by atoms with Gasteiger partial charge >= 0.3 is 0 Å². The van der Waals surface area contributed by atoms with Gasteiger partial charge in [0.25, 0.3) is 0 Å². The summed E-state index contributed by atoms with van der Waals surface area (Å²) in [5.74, 6) is 0. The lowest BCUT2D eigenvalue weighted by molar-refractivity contribution is -0.0263. The molecule has 0 rings (SSSR count). The fourth-order valence-corrected chi connectivity index (χ4v) is 3.29. The zero-order valence-electron chi connectivity index (χ0n) is 19.6. The zero-order valence-corrected chi connectivity index (χ0v) is 19.6. The number of hydrogen-bond donors (Lipinski definition) is 0. The second-order valence-corrected chi connectivity index (χ2v) is 7.63. The first kappa shape index (κ1) is 27.7. The van der Waals surface area contributed by atoms with Crippen LogP contribution in [-0.2, 0) is 18.9 Å². The number of ether oxygens (including phenoxy) is 4. The normalized spacial score (nSPS) is 18.0. The molecule has 0 saturated carbocycles. The van der Waals surface area contributed by atoms with Crippen LogP contribution in [0.25, 0.3) is 0 Å². The van der Waals surface area contributed by atoms with Gasteiger partial charge in [-0.15, -0.1) is 6.58 Å². The summed E-state index contributed by atoms with van der Waals surface area (Å²) in [6.45, 7) is 13.7. The molecule has 5 atom stereocenters. The molecule has 0 fully saturated rings. The highest BCUT2D eigenvalue weighted by Gasteiger charge is 2.23. The monoisotopic (exact) mass is 409 g/mol. The molecular weight excluding hydrogens is 366 g/mol. The van der Waals surface area contributed by atoms with Gasteiger partial charge in [0.1, 0.15) is 0 Å². The lowest BCUT2D eigenvalue weighted by Gasteiger charge is -2.27. The molecule has 5 heteroatoms. The summed E-state index contributed by atoms with van der Waals surface area (Å²) in [4.78, 5) is 4.03. The van der Waals surface area contributed by atoms with Crippen molar-refractivity contribution in [2.45, 2.75) is 83.3 Å². The summed E-state index contributed by atoms with van der Waals surface area (Å²) >= 11 is 0. The van der Waals surface area contributed by atoms with Gasteiger partial charge in [0, 0.05) is 47.3 Å². The van der Waals surface area contributed by atoms with Crippen LogP contribution in [0.1, 0.15) is 52.9 Å². The smallest absolute Gasteiger partial charge is 0.0806 e. The molecule has 0 N–H and O–H groups in total. The van der Waals surface area contributed by atoms with Crippen molar-refractivity contribution in [1.29, 1.82) is 0 Å². The molecule has 0 aromatic carbocycles. The van der Waals surface area contributed by atoms with Crippen molar-refractivity contribution in [1.82, 2.24) is 0 Å². The van der Waals surface area contributed by atoms with E-state index in [1.807, 2.05) is 6.08 Å². The Kier molecular flexibility index (Phi) is 15.8. The number of allylic oxidation sites excluding steroid dienone is 2. The van der Waals surface area contributed by atoms with Crippen molar-refractivity contribution in [3.8, 4) is 0 Å². The molecule has 0 aliphatic carbocycles. The molecule has 0 bridgehead atoms. The molecule has 0 spiro atoms. The van der Waals surface area contributed by atoms with Crippen LogP contribution in [0.15, 0.2) is 40.9 Å². The summed E-state index contributed by atoms with van der Waals surface area (Å²) in [6, 6.07) is 0.234. The highest BCUT2D eigenvalue weighted by Crippen LogP contribution is 2.22. The first-order valence-corrected chi connectivity index (χ1v) is 10.4. The van der Waals surface area contributed by atoms with Crippen LogP contribution in [0, 0.1) is 0 Å². The van der Waals surface area contributed by atoms with E-state index in [-0.39, 0.29) is 30.5 Å². The van der Waals surface area contributed by atoms with E-state index in [9.17, 15) is 0 Å². The van der Waals surface area contributed by atoms with Gasteiger partial charge in [-0.05, 0) is 52.3 Å². The predicted molar refractivity (Wildman–Crippen MR) is 123 cm³/mol. The Balaban J connectivity index is 5.00. The third kappa shape index (κ3) is 12.1. The molecular formula is C24H43NO4. The van der Waals surface area contributed by atoms with Crippen molar-refractivity contribution in [2.24, 2.45) is 4.99 Å². The lowest BCUT2D eigenvalue weighted by atomic mass is 9.96. The van der Waals surface area contributed by atoms with Gasteiger partial charge in [0.2, 0.25) is 0 Å². The maximum Gasteiger partial charge on any atom is 0.0806 e. The summed E-state index contributed by atoms with van der Waals surface area (Å²) in [5, 5.41) is 0. The zero-order chi connectivity index (χ0) is 22.2. The maximum atomic E-state index is 5.77. The number of rotatable bonds is 17. The third-order valence-electron chi connectivity index (χ3n) is 5.30. The number of nitrogens with zero attached hydrogens (tertiary/aromatic N) is 1. The maximum absolute atomic E-state index is 5.77. The lowest BCUT2D eigenvalue weighted by Crippen LogP contribution is -2.30. The van der Waals surface area contributed by atoms with E-state index < -0.39 is 0 Å². The van der Waals surface area contributed by atoms with Crippen LogP contribution in [0.3, 0.4) is 0 Å². The van der Waals surface area contributed by atoms with Crippen LogP contribution in [-0.4, -0.2) is 65.6 Å². The minimum atomic E-state index is -0.0119. The quantitative estimate of drug-likeness (QED) is 0.189. The fraction of sp³-hybridized carbons (Fsp3) is 0.708. The highest BCUT2D eigenvalue weighted by molar-refractivity contribution is 5.25. The van der Waals surface area contributed by atoms with Crippen molar-refractivity contribution >= 4 is 6.72 Å². The van der Waals surface area contributed by atoms with Crippen LogP contribution in [0.5, 0.6) is 0 Å². The standard InChI is InChI=1S/C24H43NO4/c1-10-11-21(26-6)15-22(27-7)16-23(28-8)17-24(29-9)19(3)14-18(2)12-13-20(4)25-5/h10,12,14,20-24H,1,5,11,13,15-17H2,2-4,6-9H3/b18-12+,19-14+/t20-,21-,22-,23-,24-/m0/s1. The fourth-order valence-electron chi connectivity index (χ4n) is 3.29. The predicted octanol–water partition coefficient (Wildman–Crippen LogP) is 5.16. The molecule has 0 aliphatic heterocycles. The van der Waals surface area contributed by atoms with Gasteiger partial charge < -0.3 is 18.9 Å². The van der Waals surface area contributed by atoms with E-state index in [0.29, 0.717) is 0 Å². The molecule has 0 heterocycles. The third-order valence-corrected chi connectivity index (χ3v) is 5.30. The van der Waals surface area contributed by atoms with Crippen molar-refractivity contribution < 1.29 is 18.9 Å². The van der Waals surface area contributed by atoms with Crippen LogP contribution in [0.4, 0.5) is 0 Å². The molecule has 5 nitrogen and oxygen atoms in total. The largest absolute Gasteiger partial charge is 0.381 e. The second kappa shape index (κ2) is 16.5. The minimum absolute atomic E-state index is 0.0119. The van der Waals surface area contributed by atoms with Crippen molar-refractivity contribution in [2.75, 3.05) is 28.4 Å². The first-order chi connectivity index (χ1) is 13.8. The molecule has 0 aromatic rings. The van der Waals surface area contributed by atoms with E-state index >= 15 is 0 Å². The van der Waals surface area contributed by atoms with Gasteiger partial charge in [-0.25, -0.2) is 0 Å². The van der Waals surface area contributed by atoms with E-state index in [2.05, 4.69) is 51.2 Å². The molecule has 0 saturated heterocycles. The van der Waals surface area contributed by atoms with Crippen LogP contribution < -0.4 is 0 Å². The van der Waals surface area contributed by atoms with E-state index in [1.54, 1.807) is 28.4 Å². The Morgan fingerprint density at radius 1 is 0.862 bits per heavy atom. The minimum Gasteiger partial charge on any atom is -0.381 e. The molecule has 29 heavy (non-hydrogen) atoms. The molecule has 0 unspecified atom stereocenters. The van der Waals surface area contributed by atoms with E-state index in [4.69, 9.17) is 18.9 Å². The Bertz CT molecular complexity index is 515. The number of aliphatic imine (C=N–C) groups is 1. The second-order valence-electron chi connectivity index (χ2n) is 7.63. The Morgan fingerprint density at radius 2 is 1.41 bits per heavy atom. The summed E-state index contributed by atoms with van der Waals surface area (Å²) in [6.07, 6.45) is 10.5. The molecule has 0 radical (unpaired) electrons. The average Bonchev–Trinajstić information content (AvgIpc) is 2.73. The average molecular weight is 410 g/mol. The summed E-state index contributed by atoms with van der Waals surface area (Å²) < 4.78 is 22.7. The van der Waals surface area contributed by atoms with Crippen LogP contribution >= 0.6 is 0 Å². The van der Waals surface area contributed by atoms with Gasteiger partial charge in [-0.1, -0.05) is 23.8 Å². The first-order valence-electron chi connectivity index (χ1n) is 10.4. The van der Waals surface area contributed by atoms with Crippen molar-refractivity contribution in [3.05, 3.63) is 36.0 Å².